The van der Waals surface area contributed by atoms with Crippen LogP contribution < -0.4 is 4.74 Å². The number of carbonyl (C=O) groups is 1. The van der Waals surface area contributed by atoms with E-state index in [1.165, 1.54) is 16.7 Å². The van der Waals surface area contributed by atoms with Gasteiger partial charge in [0, 0.05) is 31.8 Å². The molecule has 1 aromatic carbocycles. The molecule has 8 atom stereocenters. The van der Waals surface area contributed by atoms with Gasteiger partial charge in [0.05, 0.1) is 25.4 Å². The summed E-state index contributed by atoms with van der Waals surface area (Å²) in [5, 5.41) is 97.9. The molecule has 0 saturated heterocycles. The van der Waals surface area contributed by atoms with Gasteiger partial charge < -0.3 is 55.8 Å². The Hall–Kier alpha value is -1.11. The fourth-order valence-electron chi connectivity index (χ4n) is 3.41. The third kappa shape index (κ3) is 13.4. The molecule has 15 heteroatoms. The van der Waals surface area contributed by atoms with Crippen LogP contribution in [0.3, 0.4) is 0 Å². The number of ether oxygens (including phenoxy) is 1. The van der Waals surface area contributed by atoms with Gasteiger partial charge in [-0.25, -0.2) is 0 Å². The molecule has 39 heavy (non-hydrogen) atoms. The predicted molar refractivity (Wildman–Crippen MR) is 144 cm³/mol. The van der Waals surface area contributed by atoms with E-state index < -0.39 is 75.1 Å². The number of carbonyl (C=O) groups excluding carboxylic acids is 1. The highest BCUT2D eigenvalue weighted by molar-refractivity contribution is 8.12. The van der Waals surface area contributed by atoms with Crippen LogP contribution in [-0.4, -0.2) is 149 Å². The first kappa shape index (κ1) is 37.9. The summed E-state index contributed by atoms with van der Waals surface area (Å²) in [6.45, 7) is -0.712. The lowest BCUT2D eigenvalue weighted by Gasteiger charge is -2.33. The number of thioether (sulfide) groups is 1. The van der Waals surface area contributed by atoms with E-state index in [4.69, 9.17) is 14.9 Å². The summed E-state index contributed by atoms with van der Waals surface area (Å²) in [7, 11) is 0. The molecule has 10 N–H and O–H groups in total. The normalized spacial score (nSPS) is 17.8. The van der Waals surface area contributed by atoms with Gasteiger partial charge in [0.25, 0.3) is 0 Å². The van der Waals surface area contributed by atoms with Gasteiger partial charge in [0.2, 0.25) is 0 Å². The minimum atomic E-state index is -1.87. The summed E-state index contributed by atoms with van der Waals surface area (Å²) in [5.74, 6) is 0.949. The zero-order valence-corrected chi connectivity index (χ0v) is 23.3. The van der Waals surface area contributed by atoms with Gasteiger partial charge in [-0.15, -0.1) is 12.4 Å². The van der Waals surface area contributed by atoms with Crippen LogP contribution in [-0.2, 0) is 10.5 Å². The van der Waals surface area contributed by atoms with E-state index in [0.29, 0.717) is 17.9 Å². The largest absolute Gasteiger partial charge is 0.492 e. The van der Waals surface area contributed by atoms with Crippen molar-refractivity contribution in [2.24, 2.45) is 0 Å². The zero-order valence-electron chi connectivity index (χ0n) is 21.6. The zero-order chi connectivity index (χ0) is 28.8. The maximum atomic E-state index is 11.5. The first-order chi connectivity index (χ1) is 17.9. The van der Waals surface area contributed by atoms with Crippen LogP contribution in [0.2, 0.25) is 0 Å². The Morgan fingerprint density at radius 3 is 1.79 bits per heavy atom. The lowest BCUT2D eigenvalue weighted by Crippen LogP contribution is -2.53. The lowest BCUT2D eigenvalue weighted by atomic mass is 10.0. The molecule has 228 valence electrons. The van der Waals surface area contributed by atoms with Crippen molar-refractivity contribution in [3.63, 3.8) is 0 Å². The Balaban J connectivity index is 0.0000144. The highest BCUT2D eigenvalue weighted by atomic mass is 35.5. The van der Waals surface area contributed by atoms with Crippen LogP contribution in [0, 0.1) is 0 Å². The number of halogens is 1. The van der Waals surface area contributed by atoms with Gasteiger partial charge in [-0.05, 0) is 17.7 Å². The van der Waals surface area contributed by atoms with Crippen LogP contribution in [0.4, 0.5) is 0 Å². The summed E-state index contributed by atoms with van der Waals surface area (Å²) in [5.41, 5.74) is 0.858. The smallest absolute Gasteiger partial charge is 0.188 e. The highest BCUT2D eigenvalue weighted by Gasteiger charge is 2.34. The van der Waals surface area contributed by atoms with Gasteiger partial charge in [-0.2, -0.15) is 0 Å². The highest BCUT2D eigenvalue weighted by Crippen LogP contribution is 2.19. The maximum absolute atomic E-state index is 11.5. The van der Waals surface area contributed by atoms with E-state index in [-0.39, 0.29) is 30.7 Å². The average Bonchev–Trinajstić information content (AvgIpc) is 2.93. The van der Waals surface area contributed by atoms with Gasteiger partial charge in [-0.1, -0.05) is 30.8 Å². The van der Waals surface area contributed by atoms with Gasteiger partial charge in [0.15, 0.2) is 5.12 Å². The van der Waals surface area contributed by atoms with Crippen LogP contribution >= 0.6 is 24.2 Å². The van der Waals surface area contributed by atoms with Crippen LogP contribution in [0.1, 0.15) is 18.9 Å². The van der Waals surface area contributed by atoms with Crippen molar-refractivity contribution in [3.8, 4) is 5.75 Å². The van der Waals surface area contributed by atoms with Crippen LogP contribution in [0.5, 0.6) is 5.75 Å². The minimum absolute atomic E-state index is 0. The molecule has 0 aromatic heterocycles. The summed E-state index contributed by atoms with van der Waals surface area (Å²) in [6, 6.07) is 7.03. The monoisotopic (exact) mass is 603 g/mol. The molecule has 0 bridgehead atoms. The molecular weight excluding hydrogens is 562 g/mol. The van der Waals surface area contributed by atoms with E-state index in [9.17, 15) is 45.6 Å². The van der Waals surface area contributed by atoms with Crippen molar-refractivity contribution < 1.29 is 60.6 Å². The topological polar surface area (TPSA) is 232 Å². The third-order valence-electron chi connectivity index (χ3n) is 5.80. The van der Waals surface area contributed by atoms with E-state index >= 15 is 0 Å². The lowest BCUT2D eigenvalue weighted by molar-refractivity contribution is -0.130. The van der Waals surface area contributed by atoms with Crippen molar-refractivity contribution in [1.29, 1.82) is 0 Å². The molecule has 0 aliphatic rings. The summed E-state index contributed by atoms with van der Waals surface area (Å²) < 4.78 is 5.73. The standard InChI is InChI=1S/C24H41NO12S.ClH/c1-2-20(32)38-13-14-4-3-5-15(8-14)37-7-6-25(9-16(28)21(33)23(35)18(30)11-26)10-17(29)22(34)24(36)19(31)12-27;/h3-5,8,16-19,21-24,26-31,33-36H,2,6-7,9-13H2,1H3;1H/t16-,17-,18-,19-,21-,22-,23-,24-;/m1./s1. The van der Waals surface area contributed by atoms with Crippen molar-refractivity contribution in [1.82, 2.24) is 4.90 Å². The SMILES string of the molecule is CCC(=O)SCc1cccc(OCCN(C[C@@H](O)[C@@H](O)[C@H](O)[C@H](O)CO)C[C@@H](O)[C@@H](O)[C@H](O)[C@H](O)CO)c1.Cl. The Morgan fingerprint density at radius 2 is 1.33 bits per heavy atom. The second-order valence-corrected chi connectivity index (χ2v) is 9.90. The molecule has 1 aromatic rings. The summed E-state index contributed by atoms with van der Waals surface area (Å²) in [4.78, 5) is 12.9. The van der Waals surface area contributed by atoms with E-state index in [1.54, 1.807) is 25.1 Å². The van der Waals surface area contributed by atoms with Gasteiger partial charge in [-0.3, -0.25) is 9.69 Å². The molecule has 0 spiro atoms. The number of hydrogen-bond acceptors (Lipinski definition) is 14. The molecule has 0 aliphatic carbocycles. The number of hydrogen-bond donors (Lipinski definition) is 10. The molecule has 0 fully saturated rings. The second kappa shape index (κ2) is 19.9. The van der Waals surface area contributed by atoms with Crippen molar-refractivity contribution in [3.05, 3.63) is 29.8 Å². The number of nitrogens with zero attached hydrogens (tertiary/aromatic N) is 1. The Labute approximate surface area is 237 Å². The number of aliphatic hydroxyl groups is 10. The average molecular weight is 604 g/mol. The molecule has 0 heterocycles. The molecule has 1 rings (SSSR count). The predicted octanol–water partition coefficient (Wildman–Crippen LogP) is -3.17. The number of benzene rings is 1. The second-order valence-electron chi connectivity index (χ2n) is 8.87. The quantitative estimate of drug-likeness (QED) is 0.0752. The van der Waals surface area contributed by atoms with Gasteiger partial charge in [0.1, 0.15) is 49.0 Å². The molecule has 13 nitrogen and oxygen atoms in total. The van der Waals surface area contributed by atoms with Gasteiger partial charge >= 0.3 is 0 Å². The van der Waals surface area contributed by atoms with E-state index in [0.717, 1.165) is 5.56 Å². The van der Waals surface area contributed by atoms with Crippen molar-refractivity contribution in [2.75, 3.05) is 39.5 Å². The fourth-order valence-corrected chi connectivity index (χ4v) is 4.12. The first-order valence-corrected chi connectivity index (χ1v) is 13.2. The minimum Gasteiger partial charge on any atom is -0.492 e. The molecule has 0 aliphatic heterocycles. The third-order valence-corrected chi connectivity index (χ3v) is 6.89. The van der Waals surface area contributed by atoms with Crippen molar-refractivity contribution in [2.45, 2.75) is 67.9 Å². The Bertz CT molecular complexity index is 782. The van der Waals surface area contributed by atoms with Crippen LogP contribution in [0.25, 0.3) is 0 Å². The number of rotatable bonds is 19. The van der Waals surface area contributed by atoms with E-state index in [2.05, 4.69) is 0 Å². The summed E-state index contributed by atoms with van der Waals surface area (Å²) in [6.07, 6.45) is -13.8. The molecule has 0 radical (unpaired) electrons. The Kier molecular flexibility index (Phi) is 19.3. The molecule has 0 unspecified atom stereocenters. The maximum Gasteiger partial charge on any atom is 0.188 e. The van der Waals surface area contributed by atoms with E-state index in [1.807, 2.05) is 6.07 Å². The summed E-state index contributed by atoms with van der Waals surface area (Å²) >= 11 is 1.18. The molecule has 0 amide bonds. The molecule has 0 saturated carbocycles. The number of aliphatic hydroxyl groups excluding tert-OH is 10. The van der Waals surface area contributed by atoms with Crippen molar-refractivity contribution >= 4 is 29.3 Å². The first-order valence-electron chi connectivity index (χ1n) is 12.2. The molecular formula is C24H42ClNO12S. The Morgan fingerprint density at radius 1 is 0.846 bits per heavy atom. The fraction of sp³-hybridized carbons (Fsp3) is 0.708. The van der Waals surface area contributed by atoms with Crippen LogP contribution in [0.15, 0.2) is 24.3 Å².